The standard InChI is InChI=1S/C10H13ClFNO/c1-2-14-6-10(13)7-3-4-8(11)9(12)5-7/h3-5,10H,2,6,13H2,1H3. The molecule has 1 aromatic carbocycles. The molecule has 0 aliphatic heterocycles. The molecule has 1 aromatic rings. The van der Waals surface area contributed by atoms with Gasteiger partial charge in [-0.05, 0) is 24.6 Å². The van der Waals surface area contributed by atoms with Crippen LogP contribution in [-0.4, -0.2) is 13.2 Å². The molecule has 2 nitrogen and oxygen atoms in total. The first-order chi connectivity index (χ1) is 6.65. The summed E-state index contributed by atoms with van der Waals surface area (Å²) in [6.07, 6.45) is 0. The van der Waals surface area contributed by atoms with E-state index in [1.807, 2.05) is 6.92 Å². The van der Waals surface area contributed by atoms with Gasteiger partial charge in [0, 0.05) is 6.61 Å². The largest absolute Gasteiger partial charge is 0.380 e. The van der Waals surface area contributed by atoms with Crippen LogP contribution in [0.15, 0.2) is 18.2 Å². The first kappa shape index (κ1) is 11.4. The van der Waals surface area contributed by atoms with Gasteiger partial charge in [-0.25, -0.2) is 4.39 Å². The fourth-order valence-corrected chi connectivity index (χ4v) is 1.20. The van der Waals surface area contributed by atoms with Crippen molar-refractivity contribution in [3.63, 3.8) is 0 Å². The molecule has 1 rings (SSSR count). The lowest BCUT2D eigenvalue weighted by Gasteiger charge is -2.11. The second-order valence-electron chi connectivity index (χ2n) is 2.94. The predicted octanol–water partition coefficient (Wildman–Crippen LogP) is 2.52. The number of rotatable bonds is 4. The lowest BCUT2D eigenvalue weighted by Crippen LogP contribution is -2.17. The maximum absolute atomic E-state index is 13.0. The van der Waals surface area contributed by atoms with Gasteiger partial charge in [-0.15, -0.1) is 0 Å². The van der Waals surface area contributed by atoms with Gasteiger partial charge in [-0.2, -0.15) is 0 Å². The Morgan fingerprint density at radius 3 is 2.86 bits per heavy atom. The molecule has 14 heavy (non-hydrogen) atoms. The third kappa shape index (κ3) is 2.94. The molecule has 1 unspecified atom stereocenters. The number of hydrogen-bond acceptors (Lipinski definition) is 2. The van der Waals surface area contributed by atoms with Crippen molar-refractivity contribution in [1.29, 1.82) is 0 Å². The molecule has 0 aromatic heterocycles. The van der Waals surface area contributed by atoms with Crippen LogP contribution in [0.5, 0.6) is 0 Å². The average molecular weight is 218 g/mol. The lowest BCUT2D eigenvalue weighted by molar-refractivity contribution is 0.133. The lowest BCUT2D eigenvalue weighted by atomic mass is 10.1. The van der Waals surface area contributed by atoms with Crippen LogP contribution < -0.4 is 5.73 Å². The Kier molecular flexibility index (Phi) is 4.32. The van der Waals surface area contributed by atoms with Crippen molar-refractivity contribution < 1.29 is 9.13 Å². The van der Waals surface area contributed by atoms with Gasteiger partial charge in [0.05, 0.1) is 17.7 Å². The summed E-state index contributed by atoms with van der Waals surface area (Å²) >= 11 is 5.54. The number of halogens is 2. The Morgan fingerprint density at radius 1 is 1.57 bits per heavy atom. The van der Waals surface area contributed by atoms with E-state index in [1.165, 1.54) is 12.1 Å². The Bertz CT molecular complexity index is 306. The van der Waals surface area contributed by atoms with Gasteiger partial charge in [0.25, 0.3) is 0 Å². The Morgan fingerprint density at radius 2 is 2.29 bits per heavy atom. The van der Waals surface area contributed by atoms with Gasteiger partial charge in [0.15, 0.2) is 0 Å². The maximum Gasteiger partial charge on any atom is 0.142 e. The van der Waals surface area contributed by atoms with Crippen molar-refractivity contribution >= 4 is 11.6 Å². The van der Waals surface area contributed by atoms with E-state index in [0.717, 1.165) is 0 Å². The summed E-state index contributed by atoms with van der Waals surface area (Å²) in [7, 11) is 0. The Balaban J connectivity index is 2.70. The van der Waals surface area contributed by atoms with E-state index in [9.17, 15) is 4.39 Å². The summed E-state index contributed by atoms with van der Waals surface area (Å²) in [5.74, 6) is -0.448. The molecular weight excluding hydrogens is 205 g/mol. The number of hydrogen-bond donors (Lipinski definition) is 1. The molecule has 0 bridgehead atoms. The Hall–Kier alpha value is -0.640. The topological polar surface area (TPSA) is 35.2 Å². The molecule has 0 spiro atoms. The molecular formula is C10H13ClFNO. The van der Waals surface area contributed by atoms with E-state index in [-0.39, 0.29) is 11.1 Å². The summed E-state index contributed by atoms with van der Waals surface area (Å²) in [6, 6.07) is 4.24. The third-order valence-electron chi connectivity index (χ3n) is 1.87. The fourth-order valence-electron chi connectivity index (χ4n) is 1.08. The summed E-state index contributed by atoms with van der Waals surface area (Å²) in [4.78, 5) is 0. The zero-order valence-electron chi connectivity index (χ0n) is 7.97. The van der Waals surface area contributed by atoms with Gasteiger partial charge >= 0.3 is 0 Å². The van der Waals surface area contributed by atoms with Gasteiger partial charge in [-0.1, -0.05) is 17.7 Å². The molecule has 0 fully saturated rings. The fraction of sp³-hybridized carbons (Fsp3) is 0.400. The molecule has 1 atom stereocenters. The monoisotopic (exact) mass is 217 g/mol. The summed E-state index contributed by atoms with van der Waals surface area (Å²) < 4.78 is 18.2. The highest BCUT2D eigenvalue weighted by atomic mass is 35.5. The maximum atomic E-state index is 13.0. The van der Waals surface area contributed by atoms with E-state index in [1.54, 1.807) is 6.07 Å². The Labute approximate surface area is 87.8 Å². The molecule has 0 saturated heterocycles. The number of ether oxygens (including phenoxy) is 1. The molecule has 78 valence electrons. The van der Waals surface area contributed by atoms with Crippen molar-refractivity contribution in [2.24, 2.45) is 5.73 Å². The van der Waals surface area contributed by atoms with E-state index < -0.39 is 5.82 Å². The van der Waals surface area contributed by atoms with Crippen molar-refractivity contribution in [3.05, 3.63) is 34.6 Å². The summed E-state index contributed by atoms with van der Waals surface area (Å²) in [5.41, 5.74) is 6.46. The zero-order valence-corrected chi connectivity index (χ0v) is 8.72. The van der Waals surface area contributed by atoms with Crippen molar-refractivity contribution in [2.75, 3.05) is 13.2 Å². The molecule has 0 aliphatic rings. The van der Waals surface area contributed by atoms with E-state index in [0.29, 0.717) is 18.8 Å². The highest BCUT2D eigenvalue weighted by molar-refractivity contribution is 6.30. The van der Waals surface area contributed by atoms with Gasteiger partial charge in [0.1, 0.15) is 5.82 Å². The first-order valence-corrected chi connectivity index (χ1v) is 4.81. The number of benzene rings is 1. The van der Waals surface area contributed by atoms with Gasteiger partial charge in [0.2, 0.25) is 0 Å². The van der Waals surface area contributed by atoms with E-state index >= 15 is 0 Å². The average Bonchev–Trinajstić information content (AvgIpc) is 2.18. The summed E-state index contributed by atoms with van der Waals surface area (Å²) in [5, 5.41) is 0.109. The first-order valence-electron chi connectivity index (χ1n) is 4.43. The minimum Gasteiger partial charge on any atom is -0.380 e. The molecule has 0 amide bonds. The normalized spacial score (nSPS) is 12.9. The van der Waals surface area contributed by atoms with Crippen LogP contribution >= 0.6 is 11.6 Å². The molecule has 0 saturated carbocycles. The van der Waals surface area contributed by atoms with Crippen LogP contribution in [0, 0.1) is 5.82 Å². The zero-order chi connectivity index (χ0) is 10.6. The van der Waals surface area contributed by atoms with Crippen LogP contribution in [0.4, 0.5) is 4.39 Å². The number of nitrogens with two attached hydrogens (primary N) is 1. The molecule has 0 radical (unpaired) electrons. The molecule has 0 aliphatic carbocycles. The molecule has 4 heteroatoms. The van der Waals surface area contributed by atoms with Crippen LogP contribution in [-0.2, 0) is 4.74 Å². The van der Waals surface area contributed by atoms with Crippen LogP contribution in [0.3, 0.4) is 0 Å². The predicted molar refractivity (Wildman–Crippen MR) is 54.8 cm³/mol. The SMILES string of the molecule is CCOCC(N)c1ccc(Cl)c(F)c1. The quantitative estimate of drug-likeness (QED) is 0.841. The minimum atomic E-state index is -0.448. The van der Waals surface area contributed by atoms with E-state index in [2.05, 4.69) is 0 Å². The second kappa shape index (κ2) is 5.29. The summed E-state index contributed by atoms with van der Waals surface area (Å²) in [6.45, 7) is 2.87. The smallest absolute Gasteiger partial charge is 0.142 e. The van der Waals surface area contributed by atoms with Crippen LogP contribution in [0.25, 0.3) is 0 Å². The van der Waals surface area contributed by atoms with Crippen molar-refractivity contribution in [3.8, 4) is 0 Å². The highest BCUT2D eigenvalue weighted by Gasteiger charge is 2.08. The van der Waals surface area contributed by atoms with Crippen LogP contribution in [0.2, 0.25) is 5.02 Å². The second-order valence-corrected chi connectivity index (χ2v) is 3.35. The van der Waals surface area contributed by atoms with Gasteiger partial charge < -0.3 is 10.5 Å². The molecule has 2 N–H and O–H groups in total. The molecule has 0 heterocycles. The van der Waals surface area contributed by atoms with Crippen LogP contribution in [0.1, 0.15) is 18.5 Å². The van der Waals surface area contributed by atoms with Gasteiger partial charge in [-0.3, -0.25) is 0 Å². The highest BCUT2D eigenvalue weighted by Crippen LogP contribution is 2.19. The minimum absolute atomic E-state index is 0.109. The third-order valence-corrected chi connectivity index (χ3v) is 2.18. The van der Waals surface area contributed by atoms with Crippen molar-refractivity contribution in [2.45, 2.75) is 13.0 Å². The van der Waals surface area contributed by atoms with E-state index in [4.69, 9.17) is 22.1 Å². The van der Waals surface area contributed by atoms with Crippen molar-refractivity contribution in [1.82, 2.24) is 0 Å².